The lowest BCUT2D eigenvalue weighted by atomic mass is 10.4. The molecule has 0 aromatic rings. The molecule has 0 heterocycles. The predicted octanol–water partition coefficient (Wildman–Crippen LogP) is 0.739. The molecule has 5 heteroatoms. The third-order valence-corrected chi connectivity index (χ3v) is 1.92. The van der Waals surface area contributed by atoms with Gasteiger partial charge in [0, 0.05) is 11.5 Å². The molecule has 0 aromatic heterocycles. The molecule has 3 N–H and O–H groups in total. The molecule has 0 bridgehead atoms. The Balaban J connectivity index is 0. The van der Waals surface area contributed by atoms with Crippen LogP contribution in [0.4, 0.5) is 0 Å². The van der Waals surface area contributed by atoms with Gasteiger partial charge in [-0.05, 0) is 0 Å². The van der Waals surface area contributed by atoms with Crippen LogP contribution in [-0.2, 0) is 4.79 Å². The highest BCUT2D eigenvalue weighted by atomic mass is 35.5. The van der Waals surface area contributed by atoms with Gasteiger partial charge < -0.3 is 10.8 Å². The summed E-state index contributed by atoms with van der Waals surface area (Å²) in [5.74, 6) is 0.249. The average molecular weight is 198 g/mol. The van der Waals surface area contributed by atoms with Gasteiger partial charge in [-0.2, -0.15) is 11.8 Å². The minimum Gasteiger partial charge on any atom is -0.480 e. The number of rotatable bonds is 5. The van der Waals surface area contributed by atoms with Crippen LogP contribution in [0.15, 0.2) is 12.7 Å². The van der Waals surface area contributed by atoms with Gasteiger partial charge in [0.25, 0.3) is 0 Å². The van der Waals surface area contributed by atoms with Gasteiger partial charge in [-0.25, -0.2) is 0 Å². The molecule has 0 amide bonds. The van der Waals surface area contributed by atoms with Crippen LogP contribution in [0.1, 0.15) is 0 Å². The van der Waals surface area contributed by atoms with Crippen LogP contribution in [0.25, 0.3) is 0 Å². The Hall–Kier alpha value is -0.190. The Labute approximate surface area is 76.4 Å². The molecule has 0 radical (unpaired) electrons. The summed E-state index contributed by atoms with van der Waals surface area (Å²) in [7, 11) is 0. The van der Waals surface area contributed by atoms with Crippen molar-refractivity contribution in [3.63, 3.8) is 0 Å². The molecule has 0 fully saturated rings. The van der Waals surface area contributed by atoms with Crippen molar-refractivity contribution in [3.05, 3.63) is 12.7 Å². The van der Waals surface area contributed by atoms with Crippen LogP contribution in [0, 0.1) is 0 Å². The van der Waals surface area contributed by atoms with E-state index in [4.69, 9.17) is 10.8 Å². The largest absolute Gasteiger partial charge is 0.480 e. The van der Waals surface area contributed by atoms with E-state index in [0.29, 0.717) is 5.75 Å². The molecule has 0 aromatic carbocycles. The van der Waals surface area contributed by atoms with E-state index in [-0.39, 0.29) is 12.4 Å². The lowest BCUT2D eigenvalue weighted by Gasteiger charge is -2.02. The lowest BCUT2D eigenvalue weighted by molar-refractivity contribution is -0.137. The quantitative estimate of drug-likeness (QED) is 0.504. The van der Waals surface area contributed by atoms with Crippen molar-refractivity contribution in [2.45, 2.75) is 6.04 Å². The van der Waals surface area contributed by atoms with E-state index in [1.807, 2.05) is 0 Å². The Bertz CT molecular complexity index is 132. The molecular weight excluding hydrogens is 186 g/mol. The topological polar surface area (TPSA) is 63.3 Å². The fourth-order valence-electron chi connectivity index (χ4n) is 0.350. The Morgan fingerprint density at radius 3 is 2.73 bits per heavy atom. The molecule has 0 saturated carbocycles. The Kier molecular flexibility index (Phi) is 9.64. The fraction of sp³-hybridized carbons (Fsp3) is 0.500. The molecule has 66 valence electrons. The summed E-state index contributed by atoms with van der Waals surface area (Å²) in [4.78, 5) is 10.1. The van der Waals surface area contributed by atoms with Gasteiger partial charge in [0.1, 0.15) is 6.04 Å². The molecule has 0 aliphatic heterocycles. The first-order chi connectivity index (χ1) is 4.68. The van der Waals surface area contributed by atoms with Crippen molar-refractivity contribution in [2.24, 2.45) is 5.73 Å². The highest BCUT2D eigenvalue weighted by Crippen LogP contribution is 2.00. The SMILES string of the molecule is C=CCSC[C@H](N)C(=O)O.Cl. The smallest absolute Gasteiger partial charge is 0.321 e. The normalized spacial score (nSPS) is 11.4. The number of halogens is 1. The second-order valence-electron chi connectivity index (χ2n) is 1.77. The number of nitrogens with two attached hydrogens (primary N) is 1. The maximum atomic E-state index is 10.1. The molecule has 0 unspecified atom stereocenters. The lowest BCUT2D eigenvalue weighted by Crippen LogP contribution is -2.32. The highest BCUT2D eigenvalue weighted by Gasteiger charge is 2.09. The Morgan fingerprint density at radius 2 is 2.36 bits per heavy atom. The number of hydrogen-bond donors (Lipinski definition) is 2. The predicted molar refractivity (Wildman–Crippen MR) is 50.4 cm³/mol. The third kappa shape index (κ3) is 7.71. The number of thioether (sulfide) groups is 1. The van der Waals surface area contributed by atoms with Crippen LogP contribution in [0.2, 0.25) is 0 Å². The molecule has 1 atom stereocenters. The van der Waals surface area contributed by atoms with Crippen LogP contribution in [0.5, 0.6) is 0 Å². The molecule has 3 nitrogen and oxygen atoms in total. The van der Waals surface area contributed by atoms with E-state index in [2.05, 4.69) is 6.58 Å². The first-order valence-electron chi connectivity index (χ1n) is 2.85. The van der Waals surface area contributed by atoms with Gasteiger partial charge in [-0.3, -0.25) is 4.79 Å². The monoisotopic (exact) mass is 197 g/mol. The summed E-state index contributed by atoms with van der Waals surface area (Å²) >= 11 is 1.47. The zero-order valence-electron chi connectivity index (χ0n) is 6.03. The summed E-state index contributed by atoms with van der Waals surface area (Å²) in [6.45, 7) is 3.49. The van der Waals surface area contributed by atoms with Crippen molar-refractivity contribution >= 4 is 30.1 Å². The zero-order valence-corrected chi connectivity index (χ0v) is 7.66. The molecule has 0 rings (SSSR count). The van der Waals surface area contributed by atoms with Crippen LogP contribution >= 0.6 is 24.2 Å². The number of hydrogen-bond acceptors (Lipinski definition) is 3. The number of carbonyl (C=O) groups is 1. The van der Waals surface area contributed by atoms with E-state index in [9.17, 15) is 4.79 Å². The maximum absolute atomic E-state index is 10.1. The summed E-state index contributed by atoms with van der Waals surface area (Å²) in [6.07, 6.45) is 1.72. The van der Waals surface area contributed by atoms with Crippen molar-refractivity contribution in [1.29, 1.82) is 0 Å². The van der Waals surface area contributed by atoms with Gasteiger partial charge >= 0.3 is 5.97 Å². The minimum atomic E-state index is -0.948. The van der Waals surface area contributed by atoms with Crippen LogP contribution in [0.3, 0.4) is 0 Å². The second kappa shape index (κ2) is 7.91. The van der Waals surface area contributed by atoms with Crippen molar-refractivity contribution in [1.82, 2.24) is 0 Å². The third-order valence-electron chi connectivity index (χ3n) is 0.850. The number of carboxylic acid groups (broad SMARTS) is 1. The molecule has 0 spiro atoms. The summed E-state index contributed by atoms with van der Waals surface area (Å²) in [5, 5.41) is 8.32. The van der Waals surface area contributed by atoms with Crippen LogP contribution < -0.4 is 5.73 Å². The van der Waals surface area contributed by atoms with Gasteiger partial charge in [0.2, 0.25) is 0 Å². The van der Waals surface area contributed by atoms with E-state index in [1.54, 1.807) is 6.08 Å². The molecular formula is C6H12ClNO2S. The molecule has 0 saturated heterocycles. The van der Waals surface area contributed by atoms with Gasteiger partial charge in [-0.15, -0.1) is 19.0 Å². The number of carboxylic acids is 1. The van der Waals surface area contributed by atoms with E-state index < -0.39 is 12.0 Å². The van der Waals surface area contributed by atoms with Gasteiger partial charge in [0.05, 0.1) is 0 Å². The highest BCUT2D eigenvalue weighted by molar-refractivity contribution is 7.99. The average Bonchev–Trinajstić information content (AvgIpc) is 1.88. The van der Waals surface area contributed by atoms with Crippen molar-refractivity contribution in [2.75, 3.05) is 11.5 Å². The summed E-state index contributed by atoms with van der Waals surface area (Å²) < 4.78 is 0. The summed E-state index contributed by atoms with van der Waals surface area (Å²) in [6, 6.07) is -0.745. The first-order valence-corrected chi connectivity index (χ1v) is 4.01. The fourth-order valence-corrected chi connectivity index (χ4v) is 1.05. The van der Waals surface area contributed by atoms with E-state index in [1.165, 1.54) is 11.8 Å². The minimum absolute atomic E-state index is 0. The number of aliphatic carboxylic acids is 1. The van der Waals surface area contributed by atoms with E-state index in [0.717, 1.165) is 5.75 Å². The maximum Gasteiger partial charge on any atom is 0.321 e. The van der Waals surface area contributed by atoms with Crippen LogP contribution in [-0.4, -0.2) is 28.6 Å². The van der Waals surface area contributed by atoms with Crippen molar-refractivity contribution < 1.29 is 9.90 Å². The summed E-state index contributed by atoms with van der Waals surface area (Å²) in [5.41, 5.74) is 5.20. The van der Waals surface area contributed by atoms with Crippen molar-refractivity contribution in [3.8, 4) is 0 Å². The Morgan fingerprint density at radius 1 is 1.82 bits per heavy atom. The molecule has 11 heavy (non-hydrogen) atoms. The standard InChI is InChI=1S/C6H11NO2S.ClH/c1-2-3-10-4-5(7)6(8)9;/h2,5H,1,3-4,7H2,(H,8,9);1H/t5-;/m0./s1. The molecule has 0 aliphatic rings. The van der Waals surface area contributed by atoms with Gasteiger partial charge in [0.15, 0.2) is 0 Å². The second-order valence-corrected chi connectivity index (χ2v) is 2.85. The van der Waals surface area contributed by atoms with E-state index >= 15 is 0 Å². The molecule has 0 aliphatic carbocycles. The first kappa shape index (κ1) is 13.4. The zero-order chi connectivity index (χ0) is 7.98. The van der Waals surface area contributed by atoms with Gasteiger partial charge in [-0.1, -0.05) is 6.08 Å².